The van der Waals surface area contributed by atoms with Gasteiger partial charge in [0.25, 0.3) is 0 Å². The third-order valence-electron chi connectivity index (χ3n) is 6.16. The lowest BCUT2D eigenvalue weighted by Gasteiger charge is -2.16. The minimum atomic E-state index is 0.442. The van der Waals surface area contributed by atoms with Gasteiger partial charge in [0.05, 0.1) is 24.6 Å². The van der Waals surface area contributed by atoms with Crippen molar-refractivity contribution in [3.05, 3.63) is 115 Å². The Hall–Kier alpha value is -4.44. The number of benzene rings is 4. The highest BCUT2D eigenvalue weighted by Crippen LogP contribution is 2.38. The molecule has 34 heavy (non-hydrogen) atoms. The normalized spacial score (nSPS) is 11.2. The number of furan rings is 1. The van der Waals surface area contributed by atoms with Crippen LogP contribution in [-0.4, -0.2) is 11.7 Å². The van der Waals surface area contributed by atoms with Crippen molar-refractivity contribution in [2.24, 2.45) is 0 Å². The highest BCUT2D eigenvalue weighted by Gasteiger charge is 2.15. The largest absolute Gasteiger partial charge is 0.496 e. The smallest absolute Gasteiger partial charge is 0.144 e. The quantitative estimate of drug-likeness (QED) is 0.264. The van der Waals surface area contributed by atoms with Gasteiger partial charge >= 0.3 is 0 Å². The average Bonchev–Trinajstić information content (AvgIpc) is 3.61. The van der Waals surface area contributed by atoms with Crippen molar-refractivity contribution in [3.8, 4) is 28.5 Å². The van der Waals surface area contributed by atoms with Crippen LogP contribution in [0.25, 0.3) is 38.6 Å². The Kier molecular flexibility index (Phi) is 5.04. The van der Waals surface area contributed by atoms with Gasteiger partial charge in [-0.2, -0.15) is 0 Å². The predicted molar refractivity (Wildman–Crippen MR) is 136 cm³/mol. The highest BCUT2D eigenvalue weighted by molar-refractivity contribution is 5.99. The first-order chi connectivity index (χ1) is 16.8. The summed E-state index contributed by atoms with van der Waals surface area (Å²) in [4.78, 5) is 0. The van der Waals surface area contributed by atoms with Crippen LogP contribution in [0.5, 0.6) is 11.5 Å². The summed E-state index contributed by atoms with van der Waals surface area (Å²) in [6.45, 7) is 0.442. The molecule has 0 radical (unpaired) electrons. The van der Waals surface area contributed by atoms with Crippen molar-refractivity contribution >= 4 is 21.5 Å². The Morgan fingerprint density at radius 3 is 2.29 bits per heavy atom. The molecule has 2 heterocycles. The summed E-state index contributed by atoms with van der Waals surface area (Å²) >= 11 is 0. The van der Waals surface area contributed by atoms with Crippen LogP contribution in [0.4, 0.5) is 0 Å². The Bertz CT molecular complexity index is 1580. The Balaban J connectivity index is 1.41. The van der Waals surface area contributed by atoms with Gasteiger partial charge in [-0.25, -0.2) is 0 Å². The summed E-state index contributed by atoms with van der Waals surface area (Å²) in [6.07, 6.45) is 5.78. The van der Waals surface area contributed by atoms with E-state index in [4.69, 9.17) is 13.9 Å². The lowest BCUT2D eigenvalue weighted by molar-refractivity contribution is 0.306. The van der Waals surface area contributed by atoms with Crippen molar-refractivity contribution in [1.29, 1.82) is 0 Å². The zero-order valence-corrected chi connectivity index (χ0v) is 18.8. The van der Waals surface area contributed by atoms with Crippen LogP contribution >= 0.6 is 0 Å². The number of aromatic nitrogens is 1. The van der Waals surface area contributed by atoms with Crippen molar-refractivity contribution in [3.63, 3.8) is 0 Å². The summed E-state index contributed by atoms with van der Waals surface area (Å²) < 4.78 is 19.9. The Morgan fingerprint density at radius 2 is 1.50 bits per heavy atom. The maximum absolute atomic E-state index is 6.42. The van der Waals surface area contributed by atoms with Crippen molar-refractivity contribution in [1.82, 2.24) is 4.57 Å². The summed E-state index contributed by atoms with van der Waals surface area (Å²) in [5, 5.41) is 4.52. The molecule has 0 amide bonds. The van der Waals surface area contributed by atoms with Crippen molar-refractivity contribution < 1.29 is 13.9 Å². The molecule has 0 fully saturated rings. The molecule has 166 valence electrons. The van der Waals surface area contributed by atoms with E-state index in [9.17, 15) is 0 Å². The molecule has 0 saturated heterocycles. The molecule has 6 rings (SSSR count). The fourth-order valence-corrected chi connectivity index (χ4v) is 4.54. The molecule has 4 nitrogen and oxygen atoms in total. The zero-order valence-electron chi connectivity index (χ0n) is 18.8. The lowest BCUT2D eigenvalue weighted by atomic mass is 9.99. The van der Waals surface area contributed by atoms with Gasteiger partial charge in [0.15, 0.2) is 0 Å². The zero-order chi connectivity index (χ0) is 22.9. The van der Waals surface area contributed by atoms with Crippen molar-refractivity contribution in [2.75, 3.05) is 7.11 Å². The van der Waals surface area contributed by atoms with Gasteiger partial charge in [0.1, 0.15) is 23.9 Å². The lowest BCUT2D eigenvalue weighted by Crippen LogP contribution is -2.01. The fourth-order valence-electron chi connectivity index (χ4n) is 4.54. The van der Waals surface area contributed by atoms with Crippen LogP contribution < -0.4 is 9.47 Å². The second kappa shape index (κ2) is 8.49. The van der Waals surface area contributed by atoms with E-state index in [1.807, 2.05) is 42.7 Å². The fraction of sp³-hybridized carbons (Fsp3) is 0.0667. The number of fused-ring (bicyclic) bond motifs is 2. The Morgan fingerprint density at radius 1 is 0.735 bits per heavy atom. The first kappa shape index (κ1) is 20.2. The second-order valence-corrected chi connectivity index (χ2v) is 8.19. The Labute approximate surface area is 197 Å². The van der Waals surface area contributed by atoms with Crippen LogP contribution in [0.2, 0.25) is 0 Å². The molecule has 0 aliphatic carbocycles. The molecule has 0 unspecified atom stereocenters. The topological polar surface area (TPSA) is 36.5 Å². The minimum Gasteiger partial charge on any atom is -0.496 e. The van der Waals surface area contributed by atoms with E-state index >= 15 is 0 Å². The van der Waals surface area contributed by atoms with E-state index < -0.39 is 0 Å². The van der Waals surface area contributed by atoms with Gasteiger partial charge < -0.3 is 18.5 Å². The van der Waals surface area contributed by atoms with E-state index in [2.05, 4.69) is 65.2 Å². The minimum absolute atomic E-state index is 0.442. The number of hydrogen-bond donors (Lipinski definition) is 0. The molecule has 0 spiro atoms. The van der Waals surface area contributed by atoms with Crippen LogP contribution in [-0.2, 0) is 6.61 Å². The van der Waals surface area contributed by atoms with E-state index in [0.29, 0.717) is 6.61 Å². The van der Waals surface area contributed by atoms with Gasteiger partial charge in [-0.15, -0.1) is 0 Å². The van der Waals surface area contributed by atoms with E-state index in [0.717, 1.165) is 50.2 Å². The summed E-state index contributed by atoms with van der Waals surface area (Å²) in [6, 6.07) is 30.9. The maximum Gasteiger partial charge on any atom is 0.144 e. The SMILES string of the molecule is COc1ccc2ccc(COc3ccc4ccccc4c3-n3cccc3)cc2c1-c1ccco1. The third-order valence-corrected chi connectivity index (χ3v) is 6.16. The van der Waals surface area contributed by atoms with Crippen LogP contribution in [0, 0.1) is 0 Å². The number of rotatable bonds is 6. The summed E-state index contributed by atoms with van der Waals surface area (Å²) in [5.74, 6) is 2.40. The number of nitrogens with zero attached hydrogens (tertiary/aromatic N) is 1. The molecule has 0 N–H and O–H groups in total. The van der Waals surface area contributed by atoms with Crippen LogP contribution in [0.3, 0.4) is 0 Å². The van der Waals surface area contributed by atoms with E-state index in [1.165, 1.54) is 5.39 Å². The predicted octanol–water partition coefficient (Wildman–Crippen LogP) is 7.63. The molecule has 0 aliphatic rings. The maximum atomic E-state index is 6.42. The van der Waals surface area contributed by atoms with Gasteiger partial charge in [-0.05, 0) is 64.2 Å². The molecular formula is C30H23NO3. The van der Waals surface area contributed by atoms with Crippen LogP contribution in [0.1, 0.15) is 5.56 Å². The molecule has 0 bridgehead atoms. The van der Waals surface area contributed by atoms with Gasteiger partial charge in [0.2, 0.25) is 0 Å². The standard InChI is InChI=1S/C30H23NO3/c1-32-26-14-12-23-11-10-21(19-25(23)29(26)27-9-6-18-33-27)20-34-28-15-13-22-7-2-3-8-24(22)30(28)31-16-4-5-17-31/h2-19H,20H2,1H3. The molecule has 0 aliphatic heterocycles. The van der Waals surface area contributed by atoms with Gasteiger partial charge in [0, 0.05) is 17.8 Å². The molecule has 4 aromatic carbocycles. The molecule has 6 aromatic rings. The molecule has 2 aromatic heterocycles. The second-order valence-electron chi connectivity index (χ2n) is 8.19. The summed E-state index contributed by atoms with van der Waals surface area (Å²) in [5.41, 5.74) is 3.06. The number of ether oxygens (including phenoxy) is 2. The van der Waals surface area contributed by atoms with Gasteiger partial charge in [-0.3, -0.25) is 0 Å². The summed E-state index contributed by atoms with van der Waals surface area (Å²) in [7, 11) is 1.68. The molecular weight excluding hydrogens is 422 g/mol. The first-order valence-corrected chi connectivity index (χ1v) is 11.2. The van der Waals surface area contributed by atoms with E-state index in [1.54, 1.807) is 13.4 Å². The average molecular weight is 446 g/mol. The monoisotopic (exact) mass is 445 g/mol. The molecule has 4 heteroatoms. The number of hydrogen-bond acceptors (Lipinski definition) is 3. The first-order valence-electron chi connectivity index (χ1n) is 11.2. The number of methoxy groups -OCH3 is 1. The van der Waals surface area contributed by atoms with Crippen LogP contribution in [0.15, 0.2) is 114 Å². The highest BCUT2D eigenvalue weighted by atomic mass is 16.5. The molecule has 0 saturated carbocycles. The third kappa shape index (κ3) is 3.50. The molecule has 0 atom stereocenters. The van der Waals surface area contributed by atoms with Gasteiger partial charge in [-0.1, -0.05) is 48.5 Å². The van der Waals surface area contributed by atoms with Crippen molar-refractivity contribution in [2.45, 2.75) is 6.61 Å². The van der Waals surface area contributed by atoms with E-state index in [-0.39, 0.29) is 0 Å².